The number of carbonyl (C=O) groups is 3. The van der Waals surface area contributed by atoms with Gasteiger partial charge in [-0.3, -0.25) is 18.6 Å². The molecule has 12 nitrogen and oxygen atoms in total. The molecule has 0 aliphatic carbocycles. The Labute approximate surface area is 279 Å². The molecule has 1 fully saturated rings. The second-order valence-electron chi connectivity index (χ2n) is 12.6. The molecule has 0 bridgehead atoms. The first-order valence-electron chi connectivity index (χ1n) is 15.2. The van der Waals surface area contributed by atoms with E-state index in [0.29, 0.717) is 0 Å². The molecule has 0 spiro atoms. The van der Waals surface area contributed by atoms with E-state index in [-0.39, 0.29) is 37.6 Å². The molecule has 1 aromatic heterocycles. The summed E-state index contributed by atoms with van der Waals surface area (Å²) < 4.78 is 34.9. The number of carbonyl (C=O) groups excluding carboxylic acids is 3. The van der Waals surface area contributed by atoms with Crippen molar-refractivity contribution in [2.75, 3.05) is 26.4 Å². The fraction of sp³-hybridized carbons (Fsp3) is 0.455. The van der Waals surface area contributed by atoms with Crippen LogP contribution < -0.4 is 10.6 Å². The number of likely N-dealkylation sites (tertiary alicyclic amines) is 1. The van der Waals surface area contributed by atoms with E-state index in [9.17, 15) is 27.9 Å². The van der Waals surface area contributed by atoms with Crippen LogP contribution in [0.2, 0.25) is 0 Å². The molecular weight excluding hydrogens is 645 g/mol. The number of ether oxygens (including phenoxy) is 1. The van der Waals surface area contributed by atoms with Crippen LogP contribution in [0, 0.1) is 19.3 Å². The number of rotatable bonds is 13. The number of hydrogen-bond acceptors (Lipinski definition) is 10. The van der Waals surface area contributed by atoms with Crippen molar-refractivity contribution in [3.05, 3.63) is 70.9 Å². The van der Waals surface area contributed by atoms with Crippen molar-refractivity contribution >= 4 is 39.2 Å². The number of amides is 3. The van der Waals surface area contributed by atoms with Crippen LogP contribution in [0.4, 0.5) is 0 Å². The Morgan fingerprint density at radius 1 is 1.06 bits per heavy atom. The number of aryl methyl sites for hydroxylation is 2. The number of aliphatic hydroxyl groups excluding tert-OH is 1. The number of aliphatic hydroxyl groups is 1. The number of thiazole rings is 1. The average Bonchev–Trinajstić information content (AvgIpc) is 3.63. The maximum absolute atomic E-state index is 13.8. The highest BCUT2D eigenvalue weighted by Crippen LogP contribution is 2.28. The van der Waals surface area contributed by atoms with Gasteiger partial charge in [0.15, 0.2) is 0 Å². The molecule has 1 saturated heterocycles. The van der Waals surface area contributed by atoms with Gasteiger partial charge in [0.1, 0.15) is 18.7 Å². The summed E-state index contributed by atoms with van der Waals surface area (Å²) in [5.74, 6) is -1.50. The van der Waals surface area contributed by atoms with Crippen molar-refractivity contribution in [2.24, 2.45) is 5.41 Å². The quantitative estimate of drug-likeness (QED) is 0.181. The van der Waals surface area contributed by atoms with Crippen LogP contribution >= 0.6 is 11.3 Å². The molecule has 254 valence electrons. The summed E-state index contributed by atoms with van der Waals surface area (Å²) in [6, 6.07) is 12.0. The predicted molar refractivity (Wildman–Crippen MR) is 177 cm³/mol. The maximum Gasteiger partial charge on any atom is 0.297 e. The van der Waals surface area contributed by atoms with Gasteiger partial charge < -0.3 is 25.4 Å². The van der Waals surface area contributed by atoms with Gasteiger partial charge in [-0.15, -0.1) is 11.3 Å². The number of aromatic nitrogens is 1. The molecule has 3 N–H and O–H groups in total. The third-order valence-electron chi connectivity index (χ3n) is 7.72. The van der Waals surface area contributed by atoms with Crippen molar-refractivity contribution in [1.82, 2.24) is 20.5 Å². The zero-order valence-corrected chi connectivity index (χ0v) is 28.8. The lowest BCUT2D eigenvalue weighted by Gasteiger charge is -2.35. The van der Waals surface area contributed by atoms with E-state index in [1.165, 1.54) is 17.0 Å². The molecule has 0 unspecified atom stereocenters. The summed E-state index contributed by atoms with van der Waals surface area (Å²) in [5, 5.41) is 16.0. The highest BCUT2D eigenvalue weighted by Gasteiger charge is 2.44. The monoisotopic (exact) mass is 686 g/mol. The Balaban J connectivity index is 1.29. The molecule has 2 aromatic carbocycles. The van der Waals surface area contributed by atoms with Crippen molar-refractivity contribution < 1.29 is 36.8 Å². The average molecular weight is 687 g/mol. The molecule has 0 saturated carbocycles. The van der Waals surface area contributed by atoms with E-state index >= 15 is 0 Å². The largest absolute Gasteiger partial charge is 0.391 e. The Kier molecular flexibility index (Phi) is 11.9. The third kappa shape index (κ3) is 9.67. The first-order chi connectivity index (χ1) is 22.2. The first kappa shape index (κ1) is 36.2. The van der Waals surface area contributed by atoms with Crippen LogP contribution in [0.5, 0.6) is 0 Å². The Hall–Kier alpha value is -3.69. The van der Waals surface area contributed by atoms with Crippen molar-refractivity contribution in [3.8, 4) is 10.4 Å². The summed E-state index contributed by atoms with van der Waals surface area (Å²) in [6.07, 6.45) is -0.826. The van der Waals surface area contributed by atoms with Crippen LogP contribution in [0.1, 0.15) is 44.0 Å². The normalized spacial score (nSPS) is 17.4. The number of β-amino-alcohol motifs (C(OH)–C–C–N with tert-alkyl or cyclic N) is 1. The zero-order chi connectivity index (χ0) is 34.4. The molecule has 3 amide bonds. The van der Waals surface area contributed by atoms with Gasteiger partial charge in [0.25, 0.3) is 10.1 Å². The van der Waals surface area contributed by atoms with E-state index < -0.39 is 58.0 Å². The zero-order valence-electron chi connectivity index (χ0n) is 27.2. The van der Waals surface area contributed by atoms with Crippen molar-refractivity contribution in [1.29, 1.82) is 0 Å². The highest BCUT2D eigenvalue weighted by molar-refractivity contribution is 7.86. The van der Waals surface area contributed by atoms with E-state index in [2.05, 4.69) is 15.6 Å². The Bertz CT molecular complexity index is 1650. The smallest absolute Gasteiger partial charge is 0.297 e. The highest BCUT2D eigenvalue weighted by atomic mass is 32.2. The summed E-state index contributed by atoms with van der Waals surface area (Å²) in [6.45, 7) is 8.39. The van der Waals surface area contributed by atoms with E-state index in [1.807, 2.05) is 38.1 Å². The lowest BCUT2D eigenvalue weighted by atomic mass is 9.85. The van der Waals surface area contributed by atoms with Crippen molar-refractivity contribution in [3.63, 3.8) is 0 Å². The van der Waals surface area contributed by atoms with Crippen LogP contribution in [0.15, 0.2) is 58.9 Å². The molecule has 3 atom stereocenters. The number of nitrogens with zero attached hydrogens (tertiary/aromatic N) is 2. The summed E-state index contributed by atoms with van der Waals surface area (Å²) in [7, 11) is -3.97. The lowest BCUT2D eigenvalue weighted by molar-refractivity contribution is -0.144. The van der Waals surface area contributed by atoms with E-state index in [0.717, 1.165) is 27.3 Å². The van der Waals surface area contributed by atoms with Crippen LogP contribution in [0.3, 0.4) is 0 Å². The Morgan fingerprint density at radius 2 is 1.74 bits per heavy atom. The van der Waals surface area contributed by atoms with Gasteiger partial charge in [0.2, 0.25) is 17.7 Å². The van der Waals surface area contributed by atoms with Gasteiger partial charge >= 0.3 is 0 Å². The van der Waals surface area contributed by atoms with Crippen molar-refractivity contribution in [2.45, 2.75) is 70.7 Å². The molecule has 0 radical (unpaired) electrons. The molecule has 2 heterocycles. The minimum absolute atomic E-state index is 0.0166. The van der Waals surface area contributed by atoms with Gasteiger partial charge in [-0.2, -0.15) is 8.42 Å². The molecule has 47 heavy (non-hydrogen) atoms. The fourth-order valence-corrected chi connectivity index (χ4v) is 6.83. The third-order valence-corrected chi connectivity index (χ3v) is 10.0. The lowest BCUT2D eigenvalue weighted by Crippen LogP contribution is -2.58. The minimum atomic E-state index is -3.97. The van der Waals surface area contributed by atoms with Gasteiger partial charge in [-0.05, 0) is 42.5 Å². The maximum atomic E-state index is 13.8. The molecule has 1 aliphatic rings. The van der Waals surface area contributed by atoms with E-state index in [4.69, 9.17) is 8.92 Å². The molecule has 14 heteroatoms. The van der Waals surface area contributed by atoms with Crippen LogP contribution in [-0.2, 0) is 40.0 Å². The van der Waals surface area contributed by atoms with Crippen LogP contribution in [-0.4, -0.2) is 85.7 Å². The number of benzene rings is 2. The first-order valence-corrected chi connectivity index (χ1v) is 17.5. The summed E-state index contributed by atoms with van der Waals surface area (Å²) in [5.41, 5.74) is 4.83. The standard InChI is InChI=1S/C33H42N4O8S2/c1-21-6-12-26(13-7-21)47(42,43)45-15-14-44-19-28(39)36-30(33(3,4)5)32(41)37-18-25(38)16-27(37)31(40)34-17-23-8-10-24(11-9-23)29-22(2)35-20-46-29/h6-13,20,25,27,30,38H,14-19H2,1-5H3,(H,34,40)(H,36,39)/t25-,27+,30-/m1/s1. The van der Waals surface area contributed by atoms with Crippen LogP contribution in [0.25, 0.3) is 10.4 Å². The second-order valence-corrected chi connectivity index (χ2v) is 15.1. The van der Waals surface area contributed by atoms with Gasteiger partial charge in [0, 0.05) is 19.5 Å². The van der Waals surface area contributed by atoms with E-state index in [1.54, 1.807) is 49.8 Å². The number of nitrogens with one attached hydrogen (secondary N) is 2. The number of hydrogen-bond donors (Lipinski definition) is 3. The fourth-order valence-electron chi connectivity index (χ4n) is 5.12. The Morgan fingerprint density at radius 3 is 2.36 bits per heavy atom. The van der Waals surface area contributed by atoms with Gasteiger partial charge in [-0.25, -0.2) is 4.98 Å². The van der Waals surface area contributed by atoms with Gasteiger partial charge in [0.05, 0.1) is 40.3 Å². The minimum Gasteiger partial charge on any atom is -0.391 e. The van der Waals surface area contributed by atoms with Gasteiger partial charge in [-0.1, -0.05) is 62.7 Å². The predicted octanol–water partition coefficient (Wildman–Crippen LogP) is 2.96. The molecule has 4 rings (SSSR count). The topological polar surface area (TPSA) is 164 Å². The SMILES string of the molecule is Cc1ccc(S(=O)(=O)OCCOCC(=O)N[C@H](C(=O)N2C[C@H](O)C[C@H]2C(=O)NCc2ccc(-c3scnc3C)cc2)C(C)(C)C)cc1. The second kappa shape index (κ2) is 15.5. The summed E-state index contributed by atoms with van der Waals surface area (Å²) >= 11 is 1.56. The summed E-state index contributed by atoms with van der Waals surface area (Å²) in [4.78, 5) is 46.5. The molecule has 3 aromatic rings. The molecule has 1 aliphatic heterocycles. The molecular formula is C33H42N4O8S2.